The number of piperazine rings is 1. The number of nitrogens with one attached hydrogen (secondary N) is 1. The number of pyridine rings is 1. The highest BCUT2D eigenvalue weighted by Crippen LogP contribution is 2.18. The lowest BCUT2D eigenvalue weighted by atomic mass is 10.2. The van der Waals surface area contributed by atoms with Crippen molar-refractivity contribution in [2.75, 3.05) is 31.1 Å². The van der Waals surface area contributed by atoms with E-state index in [4.69, 9.17) is 0 Å². The van der Waals surface area contributed by atoms with Gasteiger partial charge in [-0.25, -0.2) is 9.97 Å². The zero-order valence-electron chi connectivity index (χ0n) is 11.0. The highest BCUT2D eigenvalue weighted by Gasteiger charge is 2.14. The van der Waals surface area contributed by atoms with Gasteiger partial charge in [0.25, 0.3) is 0 Å². The van der Waals surface area contributed by atoms with Gasteiger partial charge in [-0.1, -0.05) is 6.07 Å². The van der Waals surface area contributed by atoms with Gasteiger partial charge in [0.15, 0.2) is 0 Å². The van der Waals surface area contributed by atoms with Crippen molar-refractivity contribution in [1.29, 1.82) is 0 Å². The summed E-state index contributed by atoms with van der Waals surface area (Å²) in [5, 5.41) is 3.34. The van der Waals surface area contributed by atoms with Crippen LogP contribution in [0.4, 0.5) is 5.95 Å². The maximum absolute atomic E-state index is 4.65. The molecule has 2 aromatic heterocycles. The summed E-state index contributed by atoms with van der Waals surface area (Å²) in [4.78, 5) is 15.8. The van der Waals surface area contributed by atoms with Crippen LogP contribution in [-0.4, -0.2) is 41.1 Å². The van der Waals surface area contributed by atoms with Crippen LogP contribution in [-0.2, 0) is 0 Å². The second-order valence-corrected chi connectivity index (χ2v) is 4.65. The number of hydrogen-bond donors (Lipinski definition) is 1. The number of rotatable bonds is 2. The number of aryl methyl sites for hydroxylation is 1. The fourth-order valence-electron chi connectivity index (χ4n) is 2.20. The van der Waals surface area contributed by atoms with Gasteiger partial charge in [0.2, 0.25) is 5.95 Å². The summed E-state index contributed by atoms with van der Waals surface area (Å²) in [6, 6.07) is 7.84. The molecule has 0 radical (unpaired) electrons. The van der Waals surface area contributed by atoms with Crippen molar-refractivity contribution >= 4 is 5.95 Å². The van der Waals surface area contributed by atoms with Crippen molar-refractivity contribution in [2.24, 2.45) is 0 Å². The Hall–Kier alpha value is -2.01. The highest BCUT2D eigenvalue weighted by molar-refractivity contribution is 5.56. The van der Waals surface area contributed by atoms with Crippen LogP contribution in [0.5, 0.6) is 0 Å². The van der Waals surface area contributed by atoms with Crippen LogP contribution < -0.4 is 10.2 Å². The van der Waals surface area contributed by atoms with E-state index >= 15 is 0 Å². The van der Waals surface area contributed by atoms with E-state index < -0.39 is 0 Å². The van der Waals surface area contributed by atoms with Gasteiger partial charge in [-0.15, -0.1) is 0 Å². The summed E-state index contributed by atoms with van der Waals surface area (Å²) in [6.45, 7) is 5.86. The Kier molecular flexibility index (Phi) is 3.37. The Morgan fingerprint density at radius 1 is 1.11 bits per heavy atom. The van der Waals surface area contributed by atoms with E-state index in [0.29, 0.717) is 0 Å². The maximum atomic E-state index is 4.65. The average Bonchev–Trinajstić information content (AvgIpc) is 2.48. The van der Waals surface area contributed by atoms with Gasteiger partial charge in [0.1, 0.15) is 0 Å². The fourth-order valence-corrected chi connectivity index (χ4v) is 2.20. The normalized spacial score (nSPS) is 15.5. The van der Waals surface area contributed by atoms with Crippen LogP contribution in [0, 0.1) is 6.92 Å². The Bertz CT molecular complexity index is 549. The molecular formula is C14H17N5. The van der Waals surface area contributed by atoms with E-state index in [1.807, 2.05) is 31.2 Å². The number of hydrogen-bond acceptors (Lipinski definition) is 5. The monoisotopic (exact) mass is 255 g/mol. The van der Waals surface area contributed by atoms with Gasteiger partial charge < -0.3 is 10.2 Å². The minimum Gasteiger partial charge on any atom is -0.338 e. The topological polar surface area (TPSA) is 53.9 Å². The van der Waals surface area contributed by atoms with Gasteiger partial charge in [-0.2, -0.15) is 0 Å². The van der Waals surface area contributed by atoms with Gasteiger partial charge in [-0.05, 0) is 25.1 Å². The Labute approximate surface area is 112 Å². The third-order valence-electron chi connectivity index (χ3n) is 3.17. The van der Waals surface area contributed by atoms with Crippen LogP contribution in [0.3, 0.4) is 0 Å². The molecule has 3 rings (SSSR count). The van der Waals surface area contributed by atoms with Crippen molar-refractivity contribution in [3.8, 4) is 11.4 Å². The summed E-state index contributed by atoms with van der Waals surface area (Å²) >= 11 is 0. The third kappa shape index (κ3) is 2.71. The molecular weight excluding hydrogens is 238 g/mol. The minimum absolute atomic E-state index is 0.808. The van der Waals surface area contributed by atoms with Crippen LogP contribution in [0.25, 0.3) is 11.4 Å². The molecule has 1 saturated heterocycles. The van der Waals surface area contributed by atoms with E-state index in [9.17, 15) is 0 Å². The summed E-state index contributed by atoms with van der Waals surface area (Å²) < 4.78 is 0. The molecule has 1 fully saturated rings. The predicted octanol–water partition coefficient (Wildman–Crippen LogP) is 1.26. The Morgan fingerprint density at radius 2 is 1.95 bits per heavy atom. The third-order valence-corrected chi connectivity index (χ3v) is 3.17. The van der Waals surface area contributed by atoms with E-state index in [1.54, 1.807) is 6.20 Å². The zero-order valence-corrected chi connectivity index (χ0v) is 11.0. The first-order valence-electron chi connectivity index (χ1n) is 6.56. The van der Waals surface area contributed by atoms with E-state index in [2.05, 4.69) is 25.2 Å². The molecule has 5 heteroatoms. The fraction of sp³-hybridized carbons (Fsp3) is 0.357. The van der Waals surface area contributed by atoms with Crippen molar-refractivity contribution in [3.63, 3.8) is 0 Å². The largest absolute Gasteiger partial charge is 0.338 e. The molecule has 0 unspecified atom stereocenters. The second kappa shape index (κ2) is 5.32. The Morgan fingerprint density at radius 3 is 2.68 bits per heavy atom. The van der Waals surface area contributed by atoms with Gasteiger partial charge in [0, 0.05) is 38.1 Å². The molecule has 0 aromatic carbocycles. The Balaban J connectivity index is 1.96. The predicted molar refractivity (Wildman–Crippen MR) is 75.1 cm³/mol. The number of anilines is 1. The van der Waals surface area contributed by atoms with Crippen molar-refractivity contribution in [2.45, 2.75) is 6.92 Å². The molecule has 0 spiro atoms. The van der Waals surface area contributed by atoms with Crippen molar-refractivity contribution in [1.82, 2.24) is 20.3 Å². The quantitative estimate of drug-likeness (QED) is 0.875. The first kappa shape index (κ1) is 12.0. The SMILES string of the molecule is Cc1cc(-c2ccccn2)nc(N2CCNCC2)n1. The van der Waals surface area contributed by atoms with Crippen LogP contribution >= 0.6 is 0 Å². The second-order valence-electron chi connectivity index (χ2n) is 4.65. The molecule has 0 amide bonds. The summed E-state index contributed by atoms with van der Waals surface area (Å²) in [5.74, 6) is 0.808. The maximum Gasteiger partial charge on any atom is 0.226 e. The summed E-state index contributed by atoms with van der Waals surface area (Å²) in [7, 11) is 0. The first-order valence-corrected chi connectivity index (χ1v) is 6.56. The smallest absolute Gasteiger partial charge is 0.226 e. The standard InChI is InChI=1S/C14H17N5/c1-11-10-13(12-4-2-3-5-16-12)18-14(17-11)19-8-6-15-7-9-19/h2-5,10,15H,6-9H2,1H3. The molecule has 0 aliphatic carbocycles. The molecule has 5 nitrogen and oxygen atoms in total. The van der Waals surface area contributed by atoms with E-state index in [0.717, 1.165) is 49.2 Å². The molecule has 1 N–H and O–H groups in total. The molecule has 0 saturated carbocycles. The number of aromatic nitrogens is 3. The lowest BCUT2D eigenvalue weighted by Crippen LogP contribution is -2.44. The molecule has 3 heterocycles. The summed E-state index contributed by atoms with van der Waals surface area (Å²) in [5.41, 5.74) is 2.76. The van der Waals surface area contributed by atoms with Gasteiger partial charge >= 0.3 is 0 Å². The average molecular weight is 255 g/mol. The van der Waals surface area contributed by atoms with Crippen molar-refractivity contribution in [3.05, 3.63) is 36.2 Å². The number of nitrogens with zero attached hydrogens (tertiary/aromatic N) is 4. The van der Waals surface area contributed by atoms with Crippen LogP contribution in [0.15, 0.2) is 30.5 Å². The molecule has 2 aromatic rings. The lowest BCUT2D eigenvalue weighted by Gasteiger charge is -2.27. The molecule has 1 aliphatic heterocycles. The van der Waals surface area contributed by atoms with Crippen molar-refractivity contribution < 1.29 is 0 Å². The zero-order chi connectivity index (χ0) is 13.1. The van der Waals surface area contributed by atoms with Gasteiger partial charge in [-0.3, -0.25) is 4.98 Å². The van der Waals surface area contributed by atoms with Crippen LogP contribution in [0.1, 0.15) is 5.69 Å². The molecule has 0 atom stereocenters. The van der Waals surface area contributed by atoms with Crippen LogP contribution in [0.2, 0.25) is 0 Å². The highest BCUT2D eigenvalue weighted by atomic mass is 15.3. The molecule has 1 aliphatic rings. The molecule has 98 valence electrons. The van der Waals surface area contributed by atoms with E-state index in [1.165, 1.54) is 0 Å². The molecule has 19 heavy (non-hydrogen) atoms. The lowest BCUT2D eigenvalue weighted by molar-refractivity contribution is 0.579. The first-order chi connectivity index (χ1) is 9.33. The summed E-state index contributed by atoms with van der Waals surface area (Å²) in [6.07, 6.45) is 1.79. The minimum atomic E-state index is 0.808. The van der Waals surface area contributed by atoms with E-state index in [-0.39, 0.29) is 0 Å². The molecule has 0 bridgehead atoms. The van der Waals surface area contributed by atoms with Gasteiger partial charge in [0.05, 0.1) is 11.4 Å².